The van der Waals surface area contributed by atoms with Crippen LogP contribution in [0.4, 0.5) is 0 Å². The molecule has 5 N–H and O–H groups in total. The van der Waals surface area contributed by atoms with Crippen LogP contribution in [0.5, 0.6) is 5.75 Å². The molecule has 0 radical (unpaired) electrons. The van der Waals surface area contributed by atoms with Crippen LogP contribution in [0.2, 0.25) is 0 Å². The van der Waals surface area contributed by atoms with Gasteiger partial charge in [0.2, 0.25) is 0 Å². The van der Waals surface area contributed by atoms with E-state index in [0.29, 0.717) is 0 Å². The van der Waals surface area contributed by atoms with Crippen molar-refractivity contribution in [3.8, 4) is 5.75 Å². The monoisotopic (exact) mass is 284 g/mol. The predicted octanol–water partition coefficient (Wildman–Crippen LogP) is 0.493. The Labute approximate surface area is 110 Å². The Bertz CT molecular complexity index is 600. The van der Waals surface area contributed by atoms with Crippen molar-refractivity contribution in [2.45, 2.75) is 6.92 Å². The molecule has 0 aromatic heterocycles. The smallest absolute Gasteiger partial charge is 0.340 e. The molecule has 1 rings (SSSR count). The van der Waals surface area contributed by atoms with Gasteiger partial charge in [-0.1, -0.05) is 0 Å². The fourth-order valence-corrected chi connectivity index (χ4v) is 1.77. The molecular weight excluding hydrogens is 276 g/mol. The van der Waals surface area contributed by atoms with Crippen molar-refractivity contribution >= 4 is 23.9 Å². The Hall–Kier alpha value is -3.10. The number of aromatic hydroxyl groups is 1. The average molecular weight is 284 g/mol. The van der Waals surface area contributed by atoms with Gasteiger partial charge in [0.15, 0.2) is 0 Å². The van der Waals surface area contributed by atoms with E-state index >= 15 is 0 Å². The maximum atomic E-state index is 11.1. The zero-order valence-electron chi connectivity index (χ0n) is 9.87. The van der Waals surface area contributed by atoms with Crippen LogP contribution in [0.3, 0.4) is 0 Å². The van der Waals surface area contributed by atoms with Crippen LogP contribution in [0.15, 0.2) is 0 Å². The Kier molecular flexibility index (Phi) is 3.65. The average Bonchev–Trinajstić information content (AvgIpc) is 2.29. The van der Waals surface area contributed by atoms with Crippen molar-refractivity contribution in [2.24, 2.45) is 0 Å². The predicted molar refractivity (Wildman–Crippen MR) is 60.7 cm³/mol. The zero-order valence-corrected chi connectivity index (χ0v) is 9.87. The minimum Gasteiger partial charge on any atom is -0.507 e. The zero-order chi connectivity index (χ0) is 15.8. The quantitative estimate of drug-likeness (QED) is 0.527. The van der Waals surface area contributed by atoms with Gasteiger partial charge in [0.05, 0.1) is 16.7 Å². The first-order valence-corrected chi connectivity index (χ1v) is 4.93. The summed E-state index contributed by atoms with van der Waals surface area (Å²) in [7, 11) is 0. The standard InChI is InChI=1S/C11H8O9/c1-2-3(8(13)14)4(9(15)16)5(10(17)18)6(7(2)12)11(19)20/h12H,1H3,(H,13,14)(H,15,16)(H,17,18)(H,19,20). The van der Waals surface area contributed by atoms with E-state index in [-0.39, 0.29) is 0 Å². The molecule has 0 atom stereocenters. The highest BCUT2D eigenvalue weighted by Gasteiger charge is 2.34. The van der Waals surface area contributed by atoms with Crippen molar-refractivity contribution in [2.75, 3.05) is 0 Å². The van der Waals surface area contributed by atoms with Gasteiger partial charge >= 0.3 is 23.9 Å². The van der Waals surface area contributed by atoms with Crippen LogP contribution in [0.1, 0.15) is 47.0 Å². The molecule has 0 heterocycles. The van der Waals surface area contributed by atoms with E-state index in [1.54, 1.807) is 0 Å². The summed E-state index contributed by atoms with van der Waals surface area (Å²) in [4.78, 5) is 44.2. The van der Waals surface area contributed by atoms with E-state index < -0.39 is 57.4 Å². The maximum absolute atomic E-state index is 11.1. The summed E-state index contributed by atoms with van der Waals surface area (Å²) in [6, 6.07) is 0. The first-order chi connectivity index (χ1) is 9.11. The molecule has 9 heteroatoms. The number of benzene rings is 1. The number of rotatable bonds is 4. The Morgan fingerprint density at radius 1 is 0.650 bits per heavy atom. The second kappa shape index (κ2) is 4.88. The third-order valence-electron chi connectivity index (χ3n) is 2.57. The molecule has 0 aliphatic carbocycles. The molecule has 0 bridgehead atoms. The van der Waals surface area contributed by atoms with Crippen LogP contribution in [0, 0.1) is 6.92 Å². The Balaban J connectivity index is 4.14. The van der Waals surface area contributed by atoms with E-state index in [4.69, 9.17) is 20.4 Å². The van der Waals surface area contributed by atoms with Crippen molar-refractivity contribution < 1.29 is 44.7 Å². The summed E-state index contributed by atoms with van der Waals surface area (Å²) >= 11 is 0. The SMILES string of the molecule is Cc1c(O)c(C(=O)O)c(C(=O)O)c(C(=O)O)c1C(=O)O. The van der Waals surface area contributed by atoms with Crippen LogP contribution >= 0.6 is 0 Å². The van der Waals surface area contributed by atoms with Gasteiger partial charge in [0, 0.05) is 5.56 Å². The number of phenols is 1. The largest absolute Gasteiger partial charge is 0.507 e. The molecule has 0 amide bonds. The first kappa shape index (κ1) is 15.0. The first-order valence-electron chi connectivity index (χ1n) is 4.93. The molecule has 0 saturated heterocycles. The van der Waals surface area contributed by atoms with Crippen LogP contribution in [-0.2, 0) is 0 Å². The molecule has 0 fully saturated rings. The molecule has 0 unspecified atom stereocenters. The van der Waals surface area contributed by atoms with Crippen LogP contribution < -0.4 is 0 Å². The molecule has 1 aromatic carbocycles. The molecule has 1 aromatic rings. The van der Waals surface area contributed by atoms with Crippen molar-refractivity contribution in [3.63, 3.8) is 0 Å². The van der Waals surface area contributed by atoms with Crippen molar-refractivity contribution in [3.05, 3.63) is 27.8 Å². The van der Waals surface area contributed by atoms with Gasteiger partial charge < -0.3 is 25.5 Å². The highest BCUT2D eigenvalue weighted by molar-refractivity contribution is 6.15. The lowest BCUT2D eigenvalue weighted by Gasteiger charge is -2.14. The van der Waals surface area contributed by atoms with Crippen molar-refractivity contribution in [1.29, 1.82) is 0 Å². The summed E-state index contributed by atoms with van der Waals surface area (Å²) in [5, 5.41) is 45.4. The number of hydrogen-bond acceptors (Lipinski definition) is 5. The van der Waals surface area contributed by atoms with E-state index in [1.807, 2.05) is 0 Å². The van der Waals surface area contributed by atoms with E-state index in [1.165, 1.54) is 0 Å². The van der Waals surface area contributed by atoms with Crippen molar-refractivity contribution in [1.82, 2.24) is 0 Å². The van der Waals surface area contributed by atoms with Gasteiger partial charge in [0.25, 0.3) is 0 Å². The summed E-state index contributed by atoms with van der Waals surface area (Å²) in [6.07, 6.45) is 0. The molecule has 0 spiro atoms. The highest BCUT2D eigenvalue weighted by Crippen LogP contribution is 2.33. The highest BCUT2D eigenvalue weighted by atomic mass is 16.4. The van der Waals surface area contributed by atoms with E-state index in [0.717, 1.165) is 6.92 Å². The lowest BCUT2D eigenvalue weighted by Crippen LogP contribution is -2.21. The molecule has 0 aliphatic heterocycles. The number of carboxylic acids is 4. The number of hydrogen-bond donors (Lipinski definition) is 5. The Morgan fingerprint density at radius 2 is 0.950 bits per heavy atom. The lowest BCUT2D eigenvalue weighted by molar-refractivity contribution is 0.0616. The second-order valence-corrected chi connectivity index (χ2v) is 3.69. The maximum Gasteiger partial charge on any atom is 0.340 e. The second-order valence-electron chi connectivity index (χ2n) is 3.69. The minimum atomic E-state index is -1.97. The van der Waals surface area contributed by atoms with Gasteiger partial charge in [0.1, 0.15) is 11.3 Å². The normalized spacial score (nSPS) is 10.1. The summed E-state index contributed by atoms with van der Waals surface area (Å²) in [5.74, 6) is -8.68. The fourth-order valence-electron chi connectivity index (χ4n) is 1.77. The molecule has 0 aliphatic rings. The summed E-state index contributed by atoms with van der Waals surface area (Å²) in [5.41, 5.74) is -5.17. The Morgan fingerprint density at radius 3 is 1.25 bits per heavy atom. The third-order valence-corrected chi connectivity index (χ3v) is 2.57. The van der Waals surface area contributed by atoms with E-state index in [2.05, 4.69) is 0 Å². The molecule has 106 valence electrons. The number of carboxylic acid groups (broad SMARTS) is 4. The van der Waals surface area contributed by atoms with E-state index in [9.17, 15) is 24.3 Å². The van der Waals surface area contributed by atoms with Gasteiger partial charge in [-0.3, -0.25) is 0 Å². The molecule has 0 saturated carbocycles. The third kappa shape index (κ3) is 2.11. The fraction of sp³-hybridized carbons (Fsp3) is 0.0909. The van der Waals surface area contributed by atoms with Crippen LogP contribution in [0.25, 0.3) is 0 Å². The number of aromatic carboxylic acids is 4. The minimum absolute atomic E-state index is 0.544. The van der Waals surface area contributed by atoms with Gasteiger partial charge in [-0.15, -0.1) is 0 Å². The molecular formula is C11H8O9. The summed E-state index contributed by atoms with van der Waals surface area (Å²) in [6.45, 7) is 0.975. The van der Waals surface area contributed by atoms with Gasteiger partial charge in [-0.05, 0) is 6.92 Å². The van der Waals surface area contributed by atoms with Gasteiger partial charge in [-0.2, -0.15) is 0 Å². The number of carbonyl (C=O) groups is 4. The molecule has 9 nitrogen and oxygen atoms in total. The topological polar surface area (TPSA) is 169 Å². The summed E-state index contributed by atoms with van der Waals surface area (Å²) < 4.78 is 0. The van der Waals surface area contributed by atoms with Gasteiger partial charge in [-0.25, -0.2) is 19.2 Å². The lowest BCUT2D eigenvalue weighted by atomic mass is 9.90. The van der Waals surface area contributed by atoms with Crippen LogP contribution in [-0.4, -0.2) is 49.4 Å². The molecule has 20 heavy (non-hydrogen) atoms.